The van der Waals surface area contributed by atoms with Crippen LogP contribution in [0.2, 0.25) is 0 Å². The van der Waals surface area contributed by atoms with Crippen LogP contribution in [0.5, 0.6) is 0 Å². The van der Waals surface area contributed by atoms with Crippen LogP contribution in [0.15, 0.2) is 42.2 Å². The molecular weight excluding hydrogens is 374 g/mol. The Morgan fingerprint density at radius 3 is 2.17 bits per heavy atom. The molecule has 0 radical (unpaired) electrons. The number of hydrogen-bond acceptors (Lipinski definition) is 6. The highest BCUT2D eigenvalue weighted by molar-refractivity contribution is 5.83. The maximum atomic E-state index is 12.1. The number of carbonyl (C=O) groups excluding carboxylic acids is 2. The summed E-state index contributed by atoms with van der Waals surface area (Å²) >= 11 is 0. The van der Waals surface area contributed by atoms with E-state index in [4.69, 9.17) is 14.2 Å². The van der Waals surface area contributed by atoms with Crippen molar-refractivity contribution in [2.75, 3.05) is 6.61 Å². The zero-order chi connectivity index (χ0) is 22.1. The fourth-order valence-corrected chi connectivity index (χ4v) is 2.26. The number of amides is 1. The van der Waals surface area contributed by atoms with Crippen molar-refractivity contribution in [2.24, 2.45) is 0 Å². The second-order valence-corrected chi connectivity index (χ2v) is 8.63. The van der Waals surface area contributed by atoms with E-state index in [-0.39, 0.29) is 18.8 Å². The van der Waals surface area contributed by atoms with Gasteiger partial charge in [-0.05, 0) is 53.5 Å². The molecule has 0 aromatic heterocycles. The molecule has 0 heterocycles. The maximum absolute atomic E-state index is 12.1. The molecule has 0 bridgehead atoms. The highest BCUT2D eigenvalue weighted by Crippen LogP contribution is 2.12. The van der Waals surface area contributed by atoms with Gasteiger partial charge in [0.2, 0.25) is 0 Å². The predicted molar refractivity (Wildman–Crippen MR) is 110 cm³/mol. The average Bonchev–Trinajstić information content (AvgIpc) is 2.55. The summed E-state index contributed by atoms with van der Waals surface area (Å²) in [6.07, 6.45) is 0.511. The summed E-state index contributed by atoms with van der Waals surface area (Å²) in [5.74, 6) is -1.02. The lowest BCUT2D eigenvalue weighted by atomic mass is 10.1. The highest BCUT2D eigenvalue weighted by Gasteiger charge is 2.23. The summed E-state index contributed by atoms with van der Waals surface area (Å²) in [4.78, 5) is 24.1. The molecule has 1 amide bonds. The van der Waals surface area contributed by atoms with Gasteiger partial charge in [0.25, 0.3) is 0 Å². The number of alkyl carbamates (subject to hydrolysis) is 1. The lowest BCUT2D eigenvalue weighted by Crippen LogP contribution is -2.41. The van der Waals surface area contributed by atoms with Gasteiger partial charge in [0.1, 0.15) is 17.0 Å². The molecular formula is C22H33NO6. The second kappa shape index (κ2) is 10.9. The molecule has 7 nitrogen and oxygen atoms in total. The summed E-state index contributed by atoms with van der Waals surface area (Å²) < 4.78 is 16.0. The van der Waals surface area contributed by atoms with E-state index >= 15 is 0 Å². The Balaban J connectivity index is 2.73. The second-order valence-electron chi connectivity index (χ2n) is 8.63. The van der Waals surface area contributed by atoms with Crippen LogP contribution >= 0.6 is 0 Å². The fraction of sp³-hybridized carbons (Fsp3) is 0.545. The van der Waals surface area contributed by atoms with Crippen molar-refractivity contribution in [2.45, 2.75) is 71.8 Å². The number of ether oxygens (including phenoxy) is 3. The summed E-state index contributed by atoms with van der Waals surface area (Å²) in [5, 5.41) is 12.9. The van der Waals surface area contributed by atoms with Gasteiger partial charge in [-0.15, -0.1) is 0 Å². The van der Waals surface area contributed by atoms with E-state index < -0.39 is 29.3 Å². The predicted octanol–water partition coefficient (Wildman–Crippen LogP) is 4.27. The van der Waals surface area contributed by atoms with Gasteiger partial charge in [-0.3, -0.25) is 0 Å². The SMILES string of the molecule is CC(C)(C)OC(=O)C=C(O)C(CCOCc1ccccc1)NC(=O)OC(C)(C)C. The normalized spacial score (nSPS) is 13.5. The van der Waals surface area contributed by atoms with Crippen molar-refractivity contribution in [1.82, 2.24) is 5.32 Å². The van der Waals surface area contributed by atoms with Crippen LogP contribution in [-0.2, 0) is 25.6 Å². The quantitative estimate of drug-likeness (QED) is 0.289. The first-order chi connectivity index (χ1) is 13.4. The highest BCUT2D eigenvalue weighted by atomic mass is 16.6. The van der Waals surface area contributed by atoms with Gasteiger partial charge >= 0.3 is 12.1 Å². The van der Waals surface area contributed by atoms with Crippen molar-refractivity contribution in [3.63, 3.8) is 0 Å². The first-order valence-electron chi connectivity index (χ1n) is 9.60. The Morgan fingerprint density at radius 1 is 1.03 bits per heavy atom. The molecule has 0 aliphatic rings. The van der Waals surface area contributed by atoms with Crippen LogP contribution in [0.4, 0.5) is 4.79 Å². The largest absolute Gasteiger partial charge is 0.510 e. The first-order valence-corrected chi connectivity index (χ1v) is 9.60. The first kappa shape index (κ1) is 24.5. The third-order valence-electron chi connectivity index (χ3n) is 3.38. The van der Waals surface area contributed by atoms with Crippen molar-refractivity contribution in [3.05, 3.63) is 47.7 Å². The molecule has 1 rings (SSSR count). The molecule has 7 heteroatoms. The van der Waals surface area contributed by atoms with Gasteiger partial charge in [0.15, 0.2) is 0 Å². The average molecular weight is 408 g/mol. The standard InChI is InChI=1S/C22H33NO6/c1-21(2,3)28-19(25)14-18(24)17(23-20(26)29-22(4,5)6)12-13-27-15-16-10-8-7-9-11-16/h7-11,14,17,24H,12-13,15H2,1-6H3,(H,23,26). The Kier molecular flexibility index (Phi) is 9.17. The lowest BCUT2D eigenvalue weighted by molar-refractivity contribution is -0.148. The molecule has 0 spiro atoms. The molecule has 0 saturated heterocycles. The van der Waals surface area contributed by atoms with Crippen LogP contribution in [-0.4, -0.2) is 41.0 Å². The Bertz CT molecular complexity index is 685. The molecule has 1 unspecified atom stereocenters. The molecule has 0 aliphatic carbocycles. The molecule has 0 aliphatic heterocycles. The zero-order valence-corrected chi connectivity index (χ0v) is 18.2. The van der Waals surface area contributed by atoms with Crippen LogP contribution in [0, 0.1) is 0 Å². The molecule has 1 aromatic rings. The van der Waals surface area contributed by atoms with Crippen molar-refractivity contribution < 1.29 is 28.9 Å². The maximum Gasteiger partial charge on any atom is 0.408 e. The van der Waals surface area contributed by atoms with Crippen LogP contribution < -0.4 is 5.32 Å². The number of benzene rings is 1. The Hall–Kier alpha value is -2.54. The van der Waals surface area contributed by atoms with Crippen LogP contribution in [0.1, 0.15) is 53.5 Å². The summed E-state index contributed by atoms with van der Waals surface area (Å²) in [6.45, 7) is 11.0. The Labute approximate surface area is 173 Å². The zero-order valence-electron chi connectivity index (χ0n) is 18.2. The lowest BCUT2D eigenvalue weighted by Gasteiger charge is -2.24. The minimum Gasteiger partial charge on any atom is -0.510 e. The van der Waals surface area contributed by atoms with E-state index in [0.717, 1.165) is 11.6 Å². The monoisotopic (exact) mass is 407 g/mol. The fourth-order valence-electron chi connectivity index (χ4n) is 2.26. The molecule has 1 atom stereocenters. The minimum absolute atomic E-state index is 0.247. The van der Waals surface area contributed by atoms with Gasteiger partial charge in [-0.1, -0.05) is 30.3 Å². The molecule has 162 valence electrons. The van der Waals surface area contributed by atoms with Gasteiger partial charge < -0.3 is 24.6 Å². The summed E-state index contributed by atoms with van der Waals surface area (Å²) in [5.41, 5.74) is -0.373. The van der Waals surface area contributed by atoms with E-state index in [2.05, 4.69) is 5.32 Å². The minimum atomic E-state index is -0.854. The van der Waals surface area contributed by atoms with Crippen molar-refractivity contribution in [3.8, 4) is 0 Å². The summed E-state index contributed by atoms with van der Waals surface area (Å²) in [7, 11) is 0. The van der Waals surface area contributed by atoms with E-state index in [0.29, 0.717) is 6.61 Å². The number of nitrogens with one attached hydrogen (secondary N) is 1. The summed E-state index contributed by atoms with van der Waals surface area (Å²) in [6, 6.07) is 8.78. The van der Waals surface area contributed by atoms with Crippen LogP contribution in [0.3, 0.4) is 0 Å². The number of hydrogen-bond donors (Lipinski definition) is 2. The molecule has 29 heavy (non-hydrogen) atoms. The van der Waals surface area contributed by atoms with Gasteiger partial charge in [0.05, 0.1) is 18.7 Å². The molecule has 0 saturated carbocycles. The van der Waals surface area contributed by atoms with Crippen molar-refractivity contribution >= 4 is 12.1 Å². The number of rotatable bonds is 8. The number of carbonyl (C=O) groups is 2. The number of esters is 1. The topological polar surface area (TPSA) is 94.1 Å². The van der Waals surface area contributed by atoms with Crippen molar-refractivity contribution in [1.29, 1.82) is 0 Å². The smallest absolute Gasteiger partial charge is 0.408 e. The number of aliphatic hydroxyl groups excluding tert-OH is 1. The number of aliphatic hydroxyl groups is 1. The molecule has 1 aromatic carbocycles. The van der Waals surface area contributed by atoms with E-state index in [1.165, 1.54) is 0 Å². The van der Waals surface area contributed by atoms with Gasteiger partial charge in [-0.2, -0.15) is 0 Å². The van der Waals surface area contributed by atoms with E-state index in [9.17, 15) is 14.7 Å². The van der Waals surface area contributed by atoms with Gasteiger partial charge in [-0.25, -0.2) is 9.59 Å². The molecule has 0 fully saturated rings. The van der Waals surface area contributed by atoms with Crippen LogP contribution in [0.25, 0.3) is 0 Å². The Morgan fingerprint density at radius 2 is 1.62 bits per heavy atom. The third-order valence-corrected chi connectivity index (χ3v) is 3.38. The van der Waals surface area contributed by atoms with Gasteiger partial charge in [0, 0.05) is 6.61 Å². The van der Waals surface area contributed by atoms with E-state index in [1.807, 2.05) is 30.3 Å². The van der Waals surface area contributed by atoms with E-state index in [1.54, 1.807) is 41.5 Å². The third kappa shape index (κ3) is 11.8. The molecule has 2 N–H and O–H groups in total.